The molecule has 0 unspecified atom stereocenters. The lowest BCUT2D eigenvalue weighted by Gasteiger charge is -2.20. The van der Waals surface area contributed by atoms with E-state index < -0.39 is 0 Å². The molecule has 3 aliphatic carbocycles. The molecule has 4 atom stereocenters. The molecule has 0 aromatic heterocycles. The van der Waals surface area contributed by atoms with E-state index in [2.05, 4.69) is 19.1 Å². The summed E-state index contributed by atoms with van der Waals surface area (Å²) in [4.78, 5) is 11.9. The van der Waals surface area contributed by atoms with E-state index in [0.717, 1.165) is 5.57 Å². The van der Waals surface area contributed by atoms with E-state index in [-0.39, 0.29) is 0 Å². The average molecular weight is 174 g/mol. The fraction of sp³-hybridized carbons (Fsp3) is 0.583. The smallest absolute Gasteiger partial charge is 0.162 e. The number of Topliss-reactive ketones (excluding diaryl/α,β-unsaturated/α-hetero) is 1. The van der Waals surface area contributed by atoms with Gasteiger partial charge < -0.3 is 0 Å². The van der Waals surface area contributed by atoms with Gasteiger partial charge in [-0.1, -0.05) is 17.7 Å². The molecule has 2 bridgehead atoms. The van der Waals surface area contributed by atoms with Gasteiger partial charge in [-0.05, 0) is 43.6 Å². The number of hydrogen-bond donors (Lipinski definition) is 0. The quantitative estimate of drug-likeness (QED) is 0.515. The van der Waals surface area contributed by atoms with Crippen LogP contribution < -0.4 is 0 Å². The third kappa shape index (κ3) is 0.714. The van der Waals surface area contributed by atoms with Crippen molar-refractivity contribution in [1.82, 2.24) is 0 Å². The van der Waals surface area contributed by atoms with Crippen LogP contribution in [-0.4, -0.2) is 5.78 Å². The predicted octanol–water partition coefficient (Wildman–Crippen LogP) is 2.34. The van der Waals surface area contributed by atoms with Crippen molar-refractivity contribution < 1.29 is 4.79 Å². The molecule has 3 aliphatic rings. The van der Waals surface area contributed by atoms with Crippen LogP contribution in [0.15, 0.2) is 23.3 Å². The van der Waals surface area contributed by atoms with E-state index in [4.69, 9.17) is 0 Å². The lowest BCUT2D eigenvalue weighted by Crippen LogP contribution is -2.21. The molecular formula is C12H14O. The van der Waals surface area contributed by atoms with Crippen LogP contribution in [0.5, 0.6) is 0 Å². The van der Waals surface area contributed by atoms with Crippen molar-refractivity contribution in [2.24, 2.45) is 23.7 Å². The van der Waals surface area contributed by atoms with Crippen molar-refractivity contribution in [3.63, 3.8) is 0 Å². The third-order valence-electron chi connectivity index (χ3n) is 4.22. The molecule has 1 heteroatoms. The number of rotatable bonds is 0. The van der Waals surface area contributed by atoms with Crippen molar-refractivity contribution in [2.75, 3.05) is 0 Å². The molecule has 3 rings (SSSR count). The minimum absolute atomic E-state index is 0.329. The van der Waals surface area contributed by atoms with Gasteiger partial charge >= 0.3 is 0 Å². The number of hydrogen-bond acceptors (Lipinski definition) is 1. The minimum Gasteiger partial charge on any atom is -0.294 e. The minimum atomic E-state index is 0.329. The van der Waals surface area contributed by atoms with Crippen LogP contribution >= 0.6 is 0 Å². The summed E-state index contributed by atoms with van der Waals surface area (Å²) in [5.41, 5.74) is 2.42. The number of fused-ring (bicyclic) bond motifs is 5. The van der Waals surface area contributed by atoms with Crippen molar-refractivity contribution >= 4 is 5.78 Å². The molecule has 1 saturated carbocycles. The van der Waals surface area contributed by atoms with Crippen molar-refractivity contribution in [3.8, 4) is 0 Å². The van der Waals surface area contributed by atoms with Crippen LogP contribution in [0.3, 0.4) is 0 Å². The van der Waals surface area contributed by atoms with Crippen molar-refractivity contribution in [1.29, 1.82) is 0 Å². The maximum atomic E-state index is 11.9. The maximum Gasteiger partial charge on any atom is 0.162 e. The molecule has 0 aromatic rings. The highest BCUT2D eigenvalue weighted by molar-refractivity contribution is 6.01. The molecule has 0 heterocycles. The van der Waals surface area contributed by atoms with Gasteiger partial charge in [0.05, 0.1) is 0 Å². The van der Waals surface area contributed by atoms with Gasteiger partial charge in [-0.15, -0.1) is 0 Å². The van der Waals surface area contributed by atoms with E-state index >= 15 is 0 Å². The highest BCUT2D eigenvalue weighted by atomic mass is 16.1. The van der Waals surface area contributed by atoms with Crippen LogP contribution in [0.2, 0.25) is 0 Å². The standard InChI is InChI=1S/C12H14O/c1-6-7(2)12(13)11-9-4-3-8(5-9)10(6)11/h3-4,8-11H,5H2,1-2H3/t8-,9+,10+,11-/m1/s1. The molecule has 0 spiro atoms. The second kappa shape index (κ2) is 2.14. The molecule has 0 radical (unpaired) electrons. The highest BCUT2D eigenvalue weighted by Crippen LogP contribution is 2.55. The van der Waals surface area contributed by atoms with Crippen LogP contribution in [0, 0.1) is 23.7 Å². The summed E-state index contributed by atoms with van der Waals surface area (Å²) in [6, 6.07) is 0. The Labute approximate surface area is 78.5 Å². The summed E-state index contributed by atoms with van der Waals surface area (Å²) in [5, 5.41) is 0. The first-order valence-corrected chi connectivity index (χ1v) is 5.10. The zero-order valence-corrected chi connectivity index (χ0v) is 8.08. The molecule has 13 heavy (non-hydrogen) atoms. The second-order valence-corrected chi connectivity index (χ2v) is 4.67. The Morgan fingerprint density at radius 2 is 1.77 bits per heavy atom. The first-order chi connectivity index (χ1) is 6.20. The van der Waals surface area contributed by atoms with Gasteiger partial charge in [0.25, 0.3) is 0 Å². The van der Waals surface area contributed by atoms with Gasteiger partial charge in [0.2, 0.25) is 0 Å². The van der Waals surface area contributed by atoms with Gasteiger partial charge in [-0.2, -0.15) is 0 Å². The molecule has 68 valence electrons. The van der Waals surface area contributed by atoms with Crippen LogP contribution in [0.25, 0.3) is 0 Å². The molecule has 1 nitrogen and oxygen atoms in total. The van der Waals surface area contributed by atoms with Gasteiger partial charge in [-0.25, -0.2) is 0 Å². The van der Waals surface area contributed by atoms with E-state index in [1.54, 1.807) is 0 Å². The van der Waals surface area contributed by atoms with Crippen LogP contribution in [0.4, 0.5) is 0 Å². The Kier molecular flexibility index (Phi) is 1.24. The molecule has 0 amide bonds. The summed E-state index contributed by atoms with van der Waals surface area (Å²) >= 11 is 0. The molecule has 0 N–H and O–H groups in total. The Hall–Kier alpha value is -0.850. The molecule has 1 fully saturated rings. The van der Waals surface area contributed by atoms with Gasteiger partial charge in [0.15, 0.2) is 5.78 Å². The van der Waals surface area contributed by atoms with Gasteiger partial charge in [0, 0.05) is 5.92 Å². The van der Waals surface area contributed by atoms with E-state index in [9.17, 15) is 4.79 Å². The molecule has 0 aliphatic heterocycles. The zero-order chi connectivity index (χ0) is 9.16. The number of carbonyl (C=O) groups excluding carboxylic acids is 1. The monoisotopic (exact) mass is 174 g/mol. The normalized spacial score (nSPS) is 46.5. The van der Waals surface area contributed by atoms with Crippen molar-refractivity contribution in [2.45, 2.75) is 20.3 Å². The van der Waals surface area contributed by atoms with Crippen molar-refractivity contribution in [3.05, 3.63) is 23.3 Å². The number of carbonyl (C=O) groups is 1. The Morgan fingerprint density at radius 3 is 2.38 bits per heavy atom. The number of allylic oxidation sites excluding steroid dienone is 4. The summed E-state index contributed by atoms with van der Waals surface area (Å²) in [7, 11) is 0. The van der Waals surface area contributed by atoms with Gasteiger partial charge in [-0.3, -0.25) is 4.79 Å². The summed E-state index contributed by atoms with van der Waals surface area (Å²) in [6.45, 7) is 4.14. The molecule has 0 aromatic carbocycles. The number of ketones is 1. The average Bonchev–Trinajstić information content (AvgIpc) is 2.76. The fourth-order valence-corrected chi connectivity index (χ4v) is 3.46. The fourth-order valence-electron chi connectivity index (χ4n) is 3.46. The van der Waals surface area contributed by atoms with E-state index in [1.807, 2.05) is 6.92 Å². The lowest BCUT2D eigenvalue weighted by molar-refractivity contribution is -0.119. The molecule has 0 saturated heterocycles. The SMILES string of the molecule is CC1=C(C)[C@@H]2[C@H](C1=O)[C@H]1C=C[C@@H]2C1. The first-order valence-electron chi connectivity index (χ1n) is 5.10. The highest BCUT2D eigenvalue weighted by Gasteiger charge is 2.52. The Bertz CT molecular complexity index is 348. The first kappa shape index (κ1) is 7.54. The maximum absolute atomic E-state index is 11.9. The Balaban J connectivity index is 2.11. The largest absolute Gasteiger partial charge is 0.294 e. The van der Waals surface area contributed by atoms with Crippen LogP contribution in [0.1, 0.15) is 20.3 Å². The van der Waals surface area contributed by atoms with E-state index in [1.165, 1.54) is 12.0 Å². The summed E-state index contributed by atoms with van der Waals surface area (Å²) in [6.07, 6.45) is 5.81. The topological polar surface area (TPSA) is 17.1 Å². The van der Waals surface area contributed by atoms with Gasteiger partial charge in [0.1, 0.15) is 0 Å². The third-order valence-corrected chi connectivity index (χ3v) is 4.22. The zero-order valence-electron chi connectivity index (χ0n) is 8.08. The van der Waals surface area contributed by atoms with E-state index in [0.29, 0.717) is 29.5 Å². The summed E-state index contributed by atoms with van der Waals surface area (Å²) < 4.78 is 0. The predicted molar refractivity (Wildman–Crippen MR) is 51.1 cm³/mol. The van der Waals surface area contributed by atoms with Crippen LogP contribution in [-0.2, 0) is 4.79 Å². The molecular weight excluding hydrogens is 160 g/mol. The Morgan fingerprint density at radius 1 is 1.15 bits per heavy atom. The lowest BCUT2D eigenvalue weighted by atomic mass is 9.82. The summed E-state index contributed by atoms with van der Waals surface area (Å²) in [5.74, 6) is 2.57. The second-order valence-electron chi connectivity index (χ2n) is 4.67.